The van der Waals surface area contributed by atoms with E-state index in [-0.39, 0.29) is 24.1 Å². The first kappa shape index (κ1) is 15.0. The number of nitrogens with zero attached hydrogens (tertiary/aromatic N) is 2. The Morgan fingerprint density at radius 1 is 1.21 bits per heavy atom. The molecule has 0 aliphatic heterocycles. The Balaban J connectivity index is 2.70. The van der Waals surface area contributed by atoms with Crippen molar-refractivity contribution < 1.29 is 14.7 Å². The smallest absolute Gasteiger partial charge is 0.254 e. The van der Waals surface area contributed by atoms with Crippen LogP contribution in [0.4, 0.5) is 0 Å². The summed E-state index contributed by atoms with van der Waals surface area (Å²) >= 11 is 0. The highest BCUT2D eigenvalue weighted by molar-refractivity contribution is 5.96. The van der Waals surface area contributed by atoms with Crippen LogP contribution in [0.3, 0.4) is 0 Å². The number of phenols is 1. The van der Waals surface area contributed by atoms with Gasteiger partial charge < -0.3 is 14.9 Å². The summed E-state index contributed by atoms with van der Waals surface area (Å²) in [6.07, 6.45) is 0. The monoisotopic (exact) mass is 264 g/mol. The molecule has 0 atom stereocenters. The first-order chi connectivity index (χ1) is 8.99. The van der Waals surface area contributed by atoms with Gasteiger partial charge in [-0.1, -0.05) is 6.07 Å². The first-order valence-electron chi connectivity index (χ1n) is 6.31. The molecule has 1 aromatic rings. The fourth-order valence-corrected chi connectivity index (χ4v) is 1.81. The SMILES string of the molecule is CCN(CC)C(=O)CN(C)C(=O)c1cccc(O)c1. The molecule has 1 N–H and O–H groups in total. The third kappa shape index (κ3) is 3.98. The number of aromatic hydroxyl groups is 1. The summed E-state index contributed by atoms with van der Waals surface area (Å²) in [4.78, 5) is 27.0. The Morgan fingerprint density at radius 3 is 2.37 bits per heavy atom. The number of carbonyl (C=O) groups is 2. The van der Waals surface area contributed by atoms with Crippen molar-refractivity contribution in [3.05, 3.63) is 29.8 Å². The number of hydrogen-bond donors (Lipinski definition) is 1. The van der Waals surface area contributed by atoms with Crippen molar-refractivity contribution in [2.45, 2.75) is 13.8 Å². The van der Waals surface area contributed by atoms with Gasteiger partial charge in [0, 0.05) is 25.7 Å². The number of phenolic OH excluding ortho intramolecular Hbond substituents is 1. The molecule has 0 aliphatic carbocycles. The van der Waals surface area contributed by atoms with Crippen LogP contribution < -0.4 is 0 Å². The average Bonchev–Trinajstić information content (AvgIpc) is 2.39. The molecular formula is C14H20N2O3. The van der Waals surface area contributed by atoms with Crippen LogP contribution in [-0.2, 0) is 4.79 Å². The van der Waals surface area contributed by atoms with Gasteiger partial charge >= 0.3 is 0 Å². The summed E-state index contributed by atoms with van der Waals surface area (Å²) in [7, 11) is 1.58. The van der Waals surface area contributed by atoms with E-state index in [1.165, 1.54) is 17.0 Å². The van der Waals surface area contributed by atoms with Crippen molar-refractivity contribution >= 4 is 11.8 Å². The number of carbonyl (C=O) groups excluding carboxylic acids is 2. The molecule has 0 heterocycles. The first-order valence-corrected chi connectivity index (χ1v) is 6.31. The van der Waals surface area contributed by atoms with E-state index < -0.39 is 0 Å². The molecular weight excluding hydrogens is 244 g/mol. The van der Waals surface area contributed by atoms with E-state index in [1.807, 2.05) is 13.8 Å². The molecule has 0 saturated heterocycles. The molecule has 2 amide bonds. The topological polar surface area (TPSA) is 60.9 Å². The lowest BCUT2D eigenvalue weighted by Gasteiger charge is -2.23. The standard InChI is InChI=1S/C14H20N2O3/c1-4-16(5-2)13(18)10-15(3)14(19)11-7-6-8-12(17)9-11/h6-9,17H,4-5,10H2,1-3H3. The molecule has 5 heteroatoms. The molecule has 0 bridgehead atoms. The van der Waals surface area contributed by atoms with Crippen LogP contribution in [0.1, 0.15) is 24.2 Å². The fourth-order valence-electron chi connectivity index (χ4n) is 1.81. The number of hydrogen-bond acceptors (Lipinski definition) is 3. The van der Waals surface area contributed by atoms with Gasteiger partial charge in [0.2, 0.25) is 5.91 Å². The summed E-state index contributed by atoms with van der Waals surface area (Å²) in [5, 5.41) is 9.34. The van der Waals surface area contributed by atoms with E-state index in [0.717, 1.165) is 0 Å². The number of amides is 2. The van der Waals surface area contributed by atoms with Gasteiger partial charge in [0.1, 0.15) is 5.75 Å². The van der Waals surface area contributed by atoms with Gasteiger partial charge in [-0.25, -0.2) is 0 Å². The zero-order valence-corrected chi connectivity index (χ0v) is 11.6. The second-order valence-electron chi connectivity index (χ2n) is 4.28. The van der Waals surface area contributed by atoms with E-state index >= 15 is 0 Å². The van der Waals surface area contributed by atoms with Crippen molar-refractivity contribution in [2.75, 3.05) is 26.7 Å². The second-order valence-corrected chi connectivity index (χ2v) is 4.28. The van der Waals surface area contributed by atoms with Gasteiger partial charge in [-0.3, -0.25) is 9.59 Å². The van der Waals surface area contributed by atoms with Gasteiger partial charge in [-0.2, -0.15) is 0 Å². The largest absolute Gasteiger partial charge is 0.508 e. The van der Waals surface area contributed by atoms with Crippen LogP contribution >= 0.6 is 0 Å². The maximum atomic E-state index is 12.1. The van der Waals surface area contributed by atoms with Crippen LogP contribution in [0.5, 0.6) is 5.75 Å². The molecule has 104 valence electrons. The highest BCUT2D eigenvalue weighted by atomic mass is 16.3. The van der Waals surface area contributed by atoms with Gasteiger partial charge in [0.25, 0.3) is 5.91 Å². The van der Waals surface area contributed by atoms with E-state index in [4.69, 9.17) is 0 Å². The lowest BCUT2D eigenvalue weighted by molar-refractivity contribution is -0.131. The van der Waals surface area contributed by atoms with Crippen LogP contribution in [-0.4, -0.2) is 53.4 Å². The minimum Gasteiger partial charge on any atom is -0.508 e. The summed E-state index contributed by atoms with van der Waals surface area (Å²) < 4.78 is 0. The molecule has 0 spiro atoms. The van der Waals surface area contributed by atoms with Crippen molar-refractivity contribution in [3.63, 3.8) is 0 Å². The molecule has 5 nitrogen and oxygen atoms in total. The minimum atomic E-state index is -0.281. The van der Waals surface area contributed by atoms with Crippen molar-refractivity contribution in [1.82, 2.24) is 9.80 Å². The molecule has 19 heavy (non-hydrogen) atoms. The van der Waals surface area contributed by atoms with Crippen LogP contribution in [0.2, 0.25) is 0 Å². The van der Waals surface area contributed by atoms with Gasteiger partial charge in [-0.15, -0.1) is 0 Å². The Labute approximate surface area is 113 Å². The highest BCUT2D eigenvalue weighted by Crippen LogP contribution is 2.12. The van der Waals surface area contributed by atoms with Crippen molar-refractivity contribution in [1.29, 1.82) is 0 Å². The summed E-state index contributed by atoms with van der Waals surface area (Å²) in [5.41, 5.74) is 0.370. The summed E-state index contributed by atoms with van der Waals surface area (Å²) in [6.45, 7) is 5.10. The fraction of sp³-hybridized carbons (Fsp3) is 0.429. The zero-order chi connectivity index (χ0) is 14.4. The quantitative estimate of drug-likeness (QED) is 0.873. The third-order valence-corrected chi connectivity index (χ3v) is 2.93. The van der Waals surface area contributed by atoms with Crippen LogP contribution in [0.25, 0.3) is 0 Å². The second kappa shape index (κ2) is 6.78. The van der Waals surface area contributed by atoms with Gasteiger partial charge in [0.15, 0.2) is 0 Å². The molecule has 0 saturated carbocycles. The maximum Gasteiger partial charge on any atom is 0.254 e. The van der Waals surface area contributed by atoms with Gasteiger partial charge in [0.05, 0.1) is 6.54 Å². The normalized spacial score (nSPS) is 10.1. The van der Waals surface area contributed by atoms with Gasteiger partial charge in [-0.05, 0) is 32.0 Å². The molecule has 0 fully saturated rings. The Morgan fingerprint density at radius 2 is 1.84 bits per heavy atom. The highest BCUT2D eigenvalue weighted by Gasteiger charge is 2.17. The van der Waals surface area contributed by atoms with E-state index in [9.17, 15) is 14.7 Å². The van der Waals surface area contributed by atoms with Crippen molar-refractivity contribution in [2.24, 2.45) is 0 Å². The number of likely N-dealkylation sites (N-methyl/N-ethyl adjacent to an activating group) is 2. The molecule has 0 unspecified atom stereocenters. The lowest BCUT2D eigenvalue weighted by Crippen LogP contribution is -2.41. The molecule has 1 rings (SSSR count). The number of rotatable bonds is 5. The van der Waals surface area contributed by atoms with E-state index in [0.29, 0.717) is 18.7 Å². The molecule has 0 radical (unpaired) electrons. The summed E-state index contributed by atoms with van der Waals surface area (Å²) in [6, 6.07) is 6.10. The molecule has 0 aliphatic rings. The van der Waals surface area contributed by atoms with Crippen LogP contribution in [0.15, 0.2) is 24.3 Å². The Bertz CT molecular complexity index is 456. The maximum absolute atomic E-state index is 12.1. The molecule has 0 aromatic heterocycles. The zero-order valence-electron chi connectivity index (χ0n) is 11.6. The Kier molecular flexibility index (Phi) is 5.36. The predicted molar refractivity (Wildman–Crippen MR) is 73.0 cm³/mol. The molecule has 1 aromatic carbocycles. The summed E-state index contributed by atoms with van der Waals surface area (Å²) in [5.74, 6) is -0.327. The lowest BCUT2D eigenvalue weighted by atomic mass is 10.2. The van der Waals surface area contributed by atoms with E-state index in [2.05, 4.69) is 0 Å². The van der Waals surface area contributed by atoms with Crippen LogP contribution in [0, 0.1) is 0 Å². The number of benzene rings is 1. The van der Waals surface area contributed by atoms with Crippen molar-refractivity contribution in [3.8, 4) is 5.75 Å². The minimum absolute atomic E-state index is 0.0364. The third-order valence-electron chi connectivity index (χ3n) is 2.93. The van der Waals surface area contributed by atoms with E-state index in [1.54, 1.807) is 24.1 Å². The average molecular weight is 264 g/mol. The predicted octanol–water partition coefficient (Wildman–Crippen LogP) is 1.33. The Hall–Kier alpha value is -2.04.